The molecule has 2 aromatic heterocycles. The summed E-state index contributed by atoms with van der Waals surface area (Å²) < 4.78 is 15.1. The van der Waals surface area contributed by atoms with Gasteiger partial charge in [-0.1, -0.05) is 54.6 Å². The minimum Gasteiger partial charge on any atom is -0.454 e. The number of fused-ring (bicyclic) bond motifs is 2. The molecular formula is C25H19N3O2. The van der Waals surface area contributed by atoms with Gasteiger partial charge in [0.25, 0.3) is 0 Å². The summed E-state index contributed by atoms with van der Waals surface area (Å²) in [7, 11) is 2.05. The van der Waals surface area contributed by atoms with Crippen molar-refractivity contribution in [3.8, 4) is 45.1 Å². The van der Waals surface area contributed by atoms with Crippen LogP contribution >= 0.6 is 0 Å². The Morgan fingerprint density at radius 1 is 0.733 bits per heavy atom. The van der Waals surface area contributed by atoms with Crippen LogP contribution in [0.3, 0.4) is 0 Å². The second-order valence-electron chi connectivity index (χ2n) is 7.42. The van der Waals surface area contributed by atoms with Crippen molar-refractivity contribution in [3.05, 3.63) is 85.2 Å². The van der Waals surface area contributed by atoms with Gasteiger partial charge in [-0.3, -0.25) is 4.40 Å². The predicted octanol–water partition coefficient (Wildman–Crippen LogP) is 5.40. The molecule has 30 heavy (non-hydrogen) atoms. The van der Waals surface area contributed by atoms with E-state index in [2.05, 4.69) is 69.9 Å². The smallest absolute Gasteiger partial charge is 0.231 e. The Labute approximate surface area is 173 Å². The van der Waals surface area contributed by atoms with Crippen molar-refractivity contribution in [1.29, 1.82) is 0 Å². The second-order valence-corrected chi connectivity index (χ2v) is 7.42. The lowest BCUT2D eigenvalue weighted by Gasteiger charge is -2.06. The summed E-state index contributed by atoms with van der Waals surface area (Å²) in [6.45, 7) is 0.274. The van der Waals surface area contributed by atoms with E-state index in [4.69, 9.17) is 14.5 Å². The van der Waals surface area contributed by atoms with E-state index in [0.717, 1.165) is 39.8 Å². The summed E-state index contributed by atoms with van der Waals surface area (Å²) in [4.78, 5) is 4.85. The van der Waals surface area contributed by atoms with Crippen molar-refractivity contribution < 1.29 is 9.47 Å². The van der Waals surface area contributed by atoms with Gasteiger partial charge in [-0.05, 0) is 34.9 Å². The van der Waals surface area contributed by atoms with Gasteiger partial charge in [-0.15, -0.1) is 0 Å². The molecule has 0 bridgehead atoms. The summed E-state index contributed by atoms with van der Waals surface area (Å²) >= 11 is 0. The van der Waals surface area contributed by atoms with Gasteiger partial charge in [0.05, 0.1) is 11.4 Å². The maximum atomic E-state index is 5.50. The molecule has 3 heterocycles. The molecular weight excluding hydrogens is 374 g/mol. The van der Waals surface area contributed by atoms with Crippen molar-refractivity contribution >= 4 is 5.78 Å². The maximum Gasteiger partial charge on any atom is 0.231 e. The molecule has 0 spiro atoms. The zero-order chi connectivity index (χ0) is 20.1. The SMILES string of the molecule is Cn1c(-c2ccc(-c3ccccc3)cc2)cn2cc(-c3ccc4c(c3)OCO4)nc12. The van der Waals surface area contributed by atoms with Crippen molar-refractivity contribution in [2.45, 2.75) is 0 Å². The Balaban J connectivity index is 1.35. The van der Waals surface area contributed by atoms with Crippen LogP contribution in [0.4, 0.5) is 0 Å². The highest BCUT2D eigenvalue weighted by Crippen LogP contribution is 2.36. The first kappa shape index (κ1) is 16.9. The minimum absolute atomic E-state index is 0.274. The molecule has 0 fully saturated rings. The van der Waals surface area contributed by atoms with Gasteiger partial charge >= 0.3 is 0 Å². The lowest BCUT2D eigenvalue weighted by Crippen LogP contribution is -1.93. The van der Waals surface area contributed by atoms with Crippen LogP contribution in [0.15, 0.2) is 85.2 Å². The van der Waals surface area contributed by atoms with Crippen LogP contribution < -0.4 is 9.47 Å². The lowest BCUT2D eigenvalue weighted by atomic mass is 10.0. The molecule has 0 N–H and O–H groups in total. The molecule has 0 unspecified atom stereocenters. The second kappa shape index (κ2) is 6.52. The first-order valence-electron chi connectivity index (χ1n) is 9.86. The highest BCUT2D eigenvalue weighted by Gasteiger charge is 2.17. The van der Waals surface area contributed by atoms with E-state index in [1.54, 1.807) is 0 Å². The fourth-order valence-corrected chi connectivity index (χ4v) is 3.98. The zero-order valence-corrected chi connectivity index (χ0v) is 16.4. The van der Waals surface area contributed by atoms with Crippen LogP contribution in [-0.4, -0.2) is 20.7 Å². The quantitative estimate of drug-likeness (QED) is 0.412. The molecule has 0 atom stereocenters. The average Bonchev–Trinajstić information content (AvgIpc) is 3.50. The topological polar surface area (TPSA) is 40.7 Å². The number of aromatic nitrogens is 3. The molecule has 0 saturated carbocycles. The predicted molar refractivity (Wildman–Crippen MR) is 117 cm³/mol. The first-order valence-corrected chi connectivity index (χ1v) is 9.86. The van der Waals surface area contributed by atoms with E-state index in [-0.39, 0.29) is 6.79 Å². The zero-order valence-electron chi connectivity index (χ0n) is 16.4. The number of hydrogen-bond acceptors (Lipinski definition) is 3. The first-order chi connectivity index (χ1) is 14.8. The third-order valence-corrected chi connectivity index (χ3v) is 5.59. The van der Waals surface area contributed by atoms with E-state index >= 15 is 0 Å². The number of nitrogens with zero attached hydrogens (tertiary/aromatic N) is 3. The molecule has 0 aliphatic carbocycles. The van der Waals surface area contributed by atoms with Crippen LogP contribution in [0.5, 0.6) is 11.5 Å². The molecule has 1 aliphatic heterocycles. The fourth-order valence-electron chi connectivity index (χ4n) is 3.98. The van der Waals surface area contributed by atoms with Gasteiger partial charge in [0.2, 0.25) is 12.6 Å². The molecule has 5 heteroatoms. The number of imidazole rings is 2. The van der Waals surface area contributed by atoms with E-state index in [0.29, 0.717) is 0 Å². The van der Waals surface area contributed by atoms with Crippen molar-refractivity contribution in [1.82, 2.24) is 14.0 Å². The monoisotopic (exact) mass is 393 g/mol. The maximum absolute atomic E-state index is 5.50. The highest BCUT2D eigenvalue weighted by molar-refractivity contribution is 5.71. The molecule has 5 nitrogen and oxygen atoms in total. The van der Waals surface area contributed by atoms with E-state index < -0.39 is 0 Å². The van der Waals surface area contributed by atoms with Crippen LogP contribution in [0.25, 0.3) is 39.4 Å². The standard InChI is InChI=1S/C25H19N3O2/c1-27-22(19-9-7-18(8-10-19)17-5-3-2-4-6-17)15-28-14-21(26-25(27)28)20-11-12-23-24(13-20)30-16-29-23/h2-15H,16H2,1H3. The molecule has 5 aromatic rings. The lowest BCUT2D eigenvalue weighted by molar-refractivity contribution is 0.174. The Morgan fingerprint density at radius 3 is 2.23 bits per heavy atom. The summed E-state index contributed by atoms with van der Waals surface area (Å²) in [6.07, 6.45) is 4.17. The van der Waals surface area contributed by atoms with E-state index in [1.165, 1.54) is 11.1 Å². The summed E-state index contributed by atoms with van der Waals surface area (Å²) in [5.74, 6) is 2.44. The molecule has 3 aromatic carbocycles. The highest BCUT2D eigenvalue weighted by atomic mass is 16.7. The molecule has 0 saturated heterocycles. The van der Waals surface area contributed by atoms with Crippen LogP contribution in [0.1, 0.15) is 0 Å². The summed E-state index contributed by atoms with van der Waals surface area (Å²) in [5.41, 5.74) is 6.63. The Kier molecular flexibility index (Phi) is 3.68. The van der Waals surface area contributed by atoms with Crippen molar-refractivity contribution in [2.24, 2.45) is 7.05 Å². The molecule has 0 amide bonds. The van der Waals surface area contributed by atoms with Gasteiger partial charge in [-0.2, -0.15) is 0 Å². The fraction of sp³-hybridized carbons (Fsp3) is 0.0800. The number of aryl methyl sites for hydroxylation is 1. The van der Waals surface area contributed by atoms with Gasteiger partial charge in [-0.25, -0.2) is 4.98 Å². The van der Waals surface area contributed by atoms with Gasteiger partial charge in [0, 0.05) is 25.0 Å². The van der Waals surface area contributed by atoms with Crippen molar-refractivity contribution in [2.75, 3.05) is 6.79 Å². The minimum atomic E-state index is 0.274. The average molecular weight is 393 g/mol. The van der Waals surface area contributed by atoms with E-state index in [9.17, 15) is 0 Å². The number of hydrogen-bond donors (Lipinski definition) is 0. The normalized spacial score (nSPS) is 12.6. The number of ether oxygens (including phenoxy) is 2. The molecule has 0 radical (unpaired) electrons. The molecule has 146 valence electrons. The Hall–Kier alpha value is -3.99. The summed E-state index contributed by atoms with van der Waals surface area (Å²) in [5, 5.41) is 0. The largest absolute Gasteiger partial charge is 0.454 e. The third-order valence-electron chi connectivity index (χ3n) is 5.59. The van der Waals surface area contributed by atoms with Crippen LogP contribution in [0, 0.1) is 0 Å². The third kappa shape index (κ3) is 2.67. The van der Waals surface area contributed by atoms with E-state index in [1.807, 2.05) is 31.3 Å². The van der Waals surface area contributed by atoms with Crippen molar-refractivity contribution in [3.63, 3.8) is 0 Å². The number of benzene rings is 3. The van der Waals surface area contributed by atoms with Crippen LogP contribution in [0.2, 0.25) is 0 Å². The Morgan fingerprint density at radius 2 is 1.43 bits per heavy atom. The van der Waals surface area contributed by atoms with Gasteiger partial charge in [0.1, 0.15) is 0 Å². The molecule has 1 aliphatic rings. The van der Waals surface area contributed by atoms with Gasteiger partial charge in [0.15, 0.2) is 11.5 Å². The Bertz CT molecular complexity index is 1370. The van der Waals surface area contributed by atoms with Gasteiger partial charge < -0.3 is 14.0 Å². The van der Waals surface area contributed by atoms with Crippen LogP contribution in [-0.2, 0) is 7.05 Å². The molecule has 6 rings (SSSR count). The number of rotatable bonds is 3. The summed E-state index contributed by atoms with van der Waals surface area (Å²) in [6, 6.07) is 25.0.